The molecule has 1 saturated heterocycles. The highest BCUT2D eigenvalue weighted by Gasteiger charge is 2.41. The Morgan fingerprint density at radius 2 is 1.84 bits per heavy atom. The van der Waals surface area contributed by atoms with E-state index in [4.69, 9.17) is 5.11 Å². The molecule has 1 aliphatic carbocycles. The van der Waals surface area contributed by atoms with Crippen LogP contribution in [0.3, 0.4) is 0 Å². The lowest BCUT2D eigenvalue weighted by Gasteiger charge is -2.35. The number of carboxylic acid groups (broad SMARTS) is 1. The van der Waals surface area contributed by atoms with E-state index >= 15 is 0 Å². The van der Waals surface area contributed by atoms with Gasteiger partial charge in [-0.1, -0.05) is 19.3 Å². The third-order valence-electron chi connectivity index (χ3n) is 4.23. The summed E-state index contributed by atoms with van der Waals surface area (Å²) in [5, 5.41) is 18.7. The second-order valence-corrected chi connectivity index (χ2v) is 5.58. The van der Waals surface area contributed by atoms with Crippen molar-refractivity contribution in [3.8, 4) is 0 Å². The van der Waals surface area contributed by atoms with E-state index in [2.05, 4.69) is 0 Å². The van der Waals surface area contributed by atoms with Gasteiger partial charge in [0.25, 0.3) is 0 Å². The van der Waals surface area contributed by atoms with E-state index in [1.54, 1.807) is 11.9 Å². The van der Waals surface area contributed by atoms with Crippen LogP contribution in [0.1, 0.15) is 38.5 Å². The molecule has 0 radical (unpaired) electrons. The molecule has 6 heteroatoms. The number of aliphatic hydroxyl groups is 1. The molecule has 1 saturated carbocycles. The molecule has 0 aromatic carbocycles. The molecule has 2 amide bonds. The van der Waals surface area contributed by atoms with Gasteiger partial charge in [0, 0.05) is 26.1 Å². The van der Waals surface area contributed by atoms with Crippen LogP contribution in [0.15, 0.2) is 0 Å². The average molecular weight is 270 g/mol. The minimum absolute atomic E-state index is 0.118. The van der Waals surface area contributed by atoms with Crippen molar-refractivity contribution in [3.63, 3.8) is 0 Å². The number of aliphatic hydroxyl groups excluding tert-OH is 1. The second-order valence-electron chi connectivity index (χ2n) is 5.58. The Balaban J connectivity index is 2.02. The Hall–Kier alpha value is -1.30. The number of nitrogens with zero attached hydrogens (tertiary/aromatic N) is 2. The first-order valence-corrected chi connectivity index (χ1v) is 6.95. The lowest BCUT2D eigenvalue weighted by Crippen LogP contribution is -2.50. The van der Waals surface area contributed by atoms with Gasteiger partial charge in [0.15, 0.2) is 0 Å². The van der Waals surface area contributed by atoms with Crippen LogP contribution in [-0.2, 0) is 4.79 Å². The molecule has 2 atom stereocenters. The topological polar surface area (TPSA) is 81.1 Å². The number of rotatable bonds is 2. The minimum atomic E-state index is -1.04. The zero-order chi connectivity index (χ0) is 14.0. The van der Waals surface area contributed by atoms with Gasteiger partial charge in [-0.15, -0.1) is 0 Å². The number of amides is 2. The van der Waals surface area contributed by atoms with Crippen LogP contribution in [0.4, 0.5) is 4.79 Å². The first-order chi connectivity index (χ1) is 9.00. The molecular formula is C13H22N2O4. The first-order valence-electron chi connectivity index (χ1n) is 6.95. The molecule has 2 fully saturated rings. The molecule has 2 rings (SSSR count). The predicted octanol–water partition coefficient (Wildman–Crippen LogP) is 0.891. The Morgan fingerprint density at radius 1 is 1.21 bits per heavy atom. The number of carbonyl (C=O) groups is 2. The van der Waals surface area contributed by atoms with Crippen LogP contribution in [0, 0.1) is 0 Å². The highest BCUT2D eigenvalue weighted by atomic mass is 16.4. The minimum Gasteiger partial charge on any atom is -0.480 e. The third kappa shape index (κ3) is 3.00. The summed E-state index contributed by atoms with van der Waals surface area (Å²) in [6, 6.07) is -0.960. The summed E-state index contributed by atoms with van der Waals surface area (Å²) in [5.74, 6) is -1.04. The summed E-state index contributed by atoms with van der Waals surface area (Å²) in [5.41, 5.74) is 0. The van der Waals surface area contributed by atoms with Gasteiger partial charge in [-0.2, -0.15) is 0 Å². The molecule has 1 heterocycles. The van der Waals surface area contributed by atoms with Crippen LogP contribution in [0.5, 0.6) is 0 Å². The van der Waals surface area contributed by atoms with Crippen molar-refractivity contribution in [2.24, 2.45) is 0 Å². The summed E-state index contributed by atoms with van der Waals surface area (Å²) in [6.07, 6.45) is 4.80. The summed E-state index contributed by atoms with van der Waals surface area (Å²) >= 11 is 0. The molecule has 1 aliphatic heterocycles. The Morgan fingerprint density at radius 3 is 2.42 bits per heavy atom. The smallest absolute Gasteiger partial charge is 0.326 e. The highest BCUT2D eigenvalue weighted by molar-refractivity contribution is 5.83. The predicted molar refractivity (Wildman–Crippen MR) is 68.8 cm³/mol. The van der Waals surface area contributed by atoms with Crippen LogP contribution < -0.4 is 0 Å². The molecule has 2 N–H and O–H groups in total. The molecule has 2 aliphatic rings. The summed E-state index contributed by atoms with van der Waals surface area (Å²) < 4.78 is 0. The maximum atomic E-state index is 12.4. The molecular weight excluding hydrogens is 248 g/mol. The Kier molecular flexibility index (Phi) is 4.29. The number of hydrogen-bond donors (Lipinski definition) is 2. The molecule has 0 aromatic heterocycles. The maximum absolute atomic E-state index is 12.4. The number of urea groups is 1. The van der Waals surface area contributed by atoms with E-state index in [-0.39, 0.29) is 25.0 Å². The van der Waals surface area contributed by atoms with E-state index in [0.717, 1.165) is 25.7 Å². The van der Waals surface area contributed by atoms with Gasteiger partial charge in [-0.25, -0.2) is 9.59 Å². The van der Waals surface area contributed by atoms with Crippen molar-refractivity contribution in [2.75, 3.05) is 13.6 Å². The number of likely N-dealkylation sites (tertiary alicyclic amines) is 1. The van der Waals surface area contributed by atoms with Crippen LogP contribution in [0.25, 0.3) is 0 Å². The fourth-order valence-corrected chi connectivity index (χ4v) is 3.09. The monoisotopic (exact) mass is 270 g/mol. The van der Waals surface area contributed by atoms with Gasteiger partial charge in [-0.3, -0.25) is 0 Å². The highest BCUT2D eigenvalue weighted by Crippen LogP contribution is 2.25. The fourth-order valence-electron chi connectivity index (χ4n) is 3.09. The van der Waals surface area contributed by atoms with Crippen molar-refractivity contribution >= 4 is 12.0 Å². The van der Waals surface area contributed by atoms with E-state index in [1.807, 2.05) is 0 Å². The lowest BCUT2D eigenvalue weighted by molar-refractivity contribution is -0.141. The Labute approximate surface area is 113 Å². The van der Waals surface area contributed by atoms with Crippen molar-refractivity contribution in [1.29, 1.82) is 0 Å². The average Bonchev–Trinajstić information content (AvgIpc) is 2.80. The van der Waals surface area contributed by atoms with E-state index in [0.29, 0.717) is 0 Å². The van der Waals surface area contributed by atoms with Gasteiger partial charge in [0.1, 0.15) is 6.04 Å². The van der Waals surface area contributed by atoms with Crippen molar-refractivity contribution in [2.45, 2.75) is 56.7 Å². The van der Waals surface area contributed by atoms with Gasteiger partial charge in [0.2, 0.25) is 0 Å². The van der Waals surface area contributed by atoms with Crippen LogP contribution in [-0.4, -0.2) is 63.8 Å². The van der Waals surface area contributed by atoms with Crippen molar-refractivity contribution < 1.29 is 19.8 Å². The van der Waals surface area contributed by atoms with Crippen LogP contribution in [0.2, 0.25) is 0 Å². The van der Waals surface area contributed by atoms with Crippen molar-refractivity contribution in [1.82, 2.24) is 9.80 Å². The molecule has 6 nitrogen and oxygen atoms in total. The molecule has 0 unspecified atom stereocenters. The number of aliphatic carboxylic acids is 1. The lowest BCUT2D eigenvalue weighted by atomic mass is 9.95. The molecule has 0 spiro atoms. The van der Waals surface area contributed by atoms with Gasteiger partial charge < -0.3 is 20.0 Å². The zero-order valence-corrected chi connectivity index (χ0v) is 11.3. The fraction of sp³-hybridized carbons (Fsp3) is 0.846. The number of carboxylic acids is 1. The molecule has 0 bridgehead atoms. The van der Waals surface area contributed by atoms with Crippen LogP contribution >= 0.6 is 0 Å². The van der Waals surface area contributed by atoms with E-state index in [1.165, 1.54) is 11.3 Å². The van der Waals surface area contributed by atoms with Gasteiger partial charge in [0.05, 0.1) is 6.10 Å². The Bertz CT molecular complexity index is 355. The largest absolute Gasteiger partial charge is 0.480 e. The molecule has 0 aromatic rings. The number of β-amino-alcohol motifs (C(OH)–C–C–N with tert-alkyl or cyclic N) is 1. The SMILES string of the molecule is CN(C(=O)N1C[C@H](O)C[C@@H]1C(=O)O)C1CCCCC1. The van der Waals surface area contributed by atoms with Crippen molar-refractivity contribution in [3.05, 3.63) is 0 Å². The molecule has 19 heavy (non-hydrogen) atoms. The van der Waals surface area contributed by atoms with E-state index in [9.17, 15) is 14.7 Å². The number of carbonyl (C=O) groups excluding carboxylic acids is 1. The number of hydrogen-bond acceptors (Lipinski definition) is 3. The summed E-state index contributed by atoms with van der Waals surface area (Å²) in [7, 11) is 1.74. The zero-order valence-electron chi connectivity index (χ0n) is 11.3. The second kappa shape index (κ2) is 5.77. The van der Waals surface area contributed by atoms with Gasteiger partial charge in [-0.05, 0) is 12.8 Å². The van der Waals surface area contributed by atoms with E-state index < -0.39 is 18.1 Å². The summed E-state index contributed by atoms with van der Waals surface area (Å²) in [6.45, 7) is 0.118. The quantitative estimate of drug-likeness (QED) is 0.781. The normalized spacial score (nSPS) is 28.4. The molecule has 108 valence electrons. The first kappa shape index (κ1) is 14.1. The maximum Gasteiger partial charge on any atom is 0.326 e. The summed E-state index contributed by atoms with van der Waals surface area (Å²) in [4.78, 5) is 26.5. The third-order valence-corrected chi connectivity index (χ3v) is 4.23. The standard InChI is InChI=1S/C13H22N2O4/c1-14(9-5-3-2-4-6-9)13(19)15-8-10(16)7-11(15)12(17)18/h9-11,16H,2-8H2,1H3,(H,17,18)/t10-,11-/m1/s1. The van der Waals surface area contributed by atoms with Gasteiger partial charge >= 0.3 is 12.0 Å².